The number of esters is 1. The summed E-state index contributed by atoms with van der Waals surface area (Å²) in [6.45, 7) is 8.49. The third-order valence-electron chi connectivity index (χ3n) is 5.95. The minimum absolute atomic E-state index is 0.0252. The van der Waals surface area contributed by atoms with E-state index in [1.807, 2.05) is 38.1 Å². The number of methoxy groups -OCH3 is 1. The van der Waals surface area contributed by atoms with Gasteiger partial charge in [0.25, 0.3) is 5.79 Å². The highest BCUT2D eigenvalue weighted by molar-refractivity contribution is 5.78. The van der Waals surface area contributed by atoms with Crippen molar-refractivity contribution in [1.29, 1.82) is 0 Å². The third-order valence-corrected chi connectivity index (χ3v) is 5.95. The maximum absolute atomic E-state index is 12.9. The molecule has 1 N–H and O–H groups in total. The molecule has 0 amide bonds. The maximum atomic E-state index is 12.9. The van der Waals surface area contributed by atoms with E-state index in [0.29, 0.717) is 12.4 Å². The van der Waals surface area contributed by atoms with Gasteiger partial charge >= 0.3 is 5.97 Å². The van der Waals surface area contributed by atoms with E-state index in [0.717, 1.165) is 18.4 Å². The first-order valence-electron chi connectivity index (χ1n) is 11.9. The van der Waals surface area contributed by atoms with E-state index in [2.05, 4.69) is 0 Å². The van der Waals surface area contributed by atoms with Gasteiger partial charge in [0.1, 0.15) is 30.7 Å². The first kappa shape index (κ1) is 26.8. The van der Waals surface area contributed by atoms with E-state index in [1.54, 1.807) is 13.8 Å². The third kappa shape index (κ3) is 6.68. The van der Waals surface area contributed by atoms with Crippen LogP contribution in [0.15, 0.2) is 24.3 Å². The molecule has 3 rings (SSSR count). The zero-order valence-corrected chi connectivity index (χ0v) is 20.8. The Labute approximate surface area is 201 Å². The predicted octanol–water partition coefficient (Wildman–Crippen LogP) is 2.75. The number of carbonyl (C=O) groups excluding carboxylic acids is 1. The molecule has 2 saturated heterocycles. The molecule has 1 aromatic rings. The molecule has 34 heavy (non-hydrogen) atoms. The molecule has 9 heteroatoms. The van der Waals surface area contributed by atoms with Crippen molar-refractivity contribution >= 4 is 5.97 Å². The van der Waals surface area contributed by atoms with E-state index in [4.69, 9.17) is 33.2 Å². The Morgan fingerprint density at radius 2 is 1.88 bits per heavy atom. The van der Waals surface area contributed by atoms with Crippen molar-refractivity contribution in [2.75, 3.05) is 33.5 Å². The van der Waals surface area contributed by atoms with Crippen LogP contribution in [0, 0.1) is 6.92 Å². The smallest absolute Gasteiger partial charge is 0.366 e. The van der Waals surface area contributed by atoms with Crippen molar-refractivity contribution in [2.45, 2.75) is 82.9 Å². The summed E-state index contributed by atoms with van der Waals surface area (Å²) >= 11 is 0. The fourth-order valence-corrected chi connectivity index (χ4v) is 4.08. The molecule has 5 atom stereocenters. The molecule has 0 spiro atoms. The molecular formula is C25H38O9. The number of unbranched alkanes of at least 4 members (excludes halogenated alkanes) is 1. The molecule has 9 nitrogen and oxygen atoms in total. The average molecular weight is 483 g/mol. The number of hydrogen-bond donors (Lipinski definition) is 1. The Balaban J connectivity index is 1.74. The minimum Gasteiger partial charge on any atom is -0.491 e. The molecule has 0 saturated carbocycles. The lowest BCUT2D eigenvalue weighted by Crippen LogP contribution is -2.63. The number of hydrogen-bond acceptors (Lipinski definition) is 9. The summed E-state index contributed by atoms with van der Waals surface area (Å²) in [4.78, 5) is 12.9. The van der Waals surface area contributed by atoms with Gasteiger partial charge in [-0.15, -0.1) is 0 Å². The highest BCUT2D eigenvalue weighted by atomic mass is 16.8. The summed E-state index contributed by atoms with van der Waals surface area (Å²) in [6, 6.07) is 7.63. The fraction of sp³-hybridized carbons (Fsp3) is 0.720. The van der Waals surface area contributed by atoms with Crippen LogP contribution in [0.1, 0.15) is 45.6 Å². The van der Waals surface area contributed by atoms with E-state index in [9.17, 15) is 9.90 Å². The van der Waals surface area contributed by atoms with Gasteiger partial charge in [0.15, 0.2) is 5.79 Å². The number of benzene rings is 1. The molecule has 2 aliphatic heterocycles. The number of ether oxygens (including phenoxy) is 7. The van der Waals surface area contributed by atoms with Crippen LogP contribution in [-0.4, -0.2) is 80.6 Å². The molecule has 2 aliphatic rings. The Bertz CT molecular complexity index is 781. The van der Waals surface area contributed by atoms with Crippen LogP contribution in [0.2, 0.25) is 0 Å². The highest BCUT2D eigenvalue weighted by Gasteiger charge is 2.57. The van der Waals surface area contributed by atoms with Crippen LogP contribution >= 0.6 is 0 Å². The van der Waals surface area contributed by atoms with Gasteiger partial charge in [-0.05, 0) is 39.3 Å². The SMILES string of the molecule is CCCCO[C@@H]1C[C@](OCCOc2ccc(C)cc2)(C(=O)OC)OC([C@H]2COC(C)(C)O2)[C@@H]1O. The van der Waals surface area contributed by atoms with Crippen molar-refractivity contribution in [3.8, 4) is 5.75 Å². The lowest BCUT2D eigenvalue weighted by Gasteiger charge is -2.45. The van der Waals surface area contributed by atoms with Crippen molar-refractivity contribution in [1.82, 2.24) is 0 Å². The number of aliphatic hydroxyl groups excluding tert-OH is 1. The first-order valence-corrected chi connectivity index (χ1v) is 11.9. The van der Waals surface area contributed by atoms with Gasteiger partial charge in [-0.3, -0.25) is 0 Å². The Morgan fingerprint density at radius 1 is 1.15 bits per heavy atom. The zero-order chi connectivity index (χ0) is 24.8. The molecule has 0 bridgehead atoms. The van der Waals surface area contributed by atoms with Gasteiger partial charge in [-0.25, -0.2) is 4.79 Å². The molecular weight excluding hydrogens is 444 g/mol. The van der Waals surface area contributed by atoms with E-state index < -0.39 is 42.0 Å². The summed E-state index contributed by atoms with van der Waals surface area (Å²) in [5.74, 6) is -2.62. The Kier molecular flexibility index (Phi) is 9.31. The van der Waals surface area contributed by atoms with Crippen LogP contribution in [0.4, 0.5) is 0 Å². The lowest BCUT2D eigenvalue weighted by atomic mass is 9.92. The summed E-state index contributed by atoms with van der Waals surface area (Å²) < 4.78 is 40.5. The van der Waals surface area contributed by atoms with Gasteiger partial charge in [0.2, 0.25) is 0 Å². The number of aliphatic hydroxyl groups is 1. The standard InChI is InChI=1S/C25H38O9/c1-6-7-12-30-19-15-25(23(27)28-5,31-14-13-29-18-10-8-17(2)9-11-18)34-22(21(19)26)20-16-32-24(3,4)33-20/h8-11,19-22,26H,6-7,12-16H2,1-5H3/t19-,20-,21-,22?,25-/m1/s1. The highest BCUT2D eigenvalue weighted by Crippen LogP contribution is 2.38. The van der Waals surface area contributed by atoms with E-state index >= 15 is 0 Å². The topological polar surface area (TPSA) is 102 Å². The number of rotatable bonds is 11. The van der Waals surface area contributed by atoms with Crippen molar-refractivity contribution in [3.63, 3.8) is 0 Å². The van der Waals surface area contributed by atoms with Gasteiger partial charge in [0.05, 0.1) is 26.4 Å². The van der Waals surface area contributed by atoms with Gasteiger partial charge in [-0.2, -0.15) is 0 Å². The number of carbonyl (C=O) groups is 1. The molecule has 2 fully saturated rings. The fourth-order valence-electron chi connectivity index (χ4n) is 4.08. The predicted molar refractivity (Wildman–Crippen MR) is 122 cm³/mol. The maximum Gasteiger partial charge on any atom is 0.366 e. The second-order valence-corrected chi connectivity index (χ2v) is 9.16. The van der Waals surface area contributed by atoms with Crippen molar-refractivity contribution in [3.05, 3.63) is 29.8 Å². The number of aryl methyl sites for hydroxylation is 1. The largest absolute Gasteiger partial charge is 0.491 e. The summed E-state index contributed by atoms with van der Waals surface area (Å²) in [5, 5.41) is 11.1. The zero-order valence-electron chi connectivity index (χ0n) is 20.8. The Morgan fingerprint density at radius 3 is 2.50 bits per heavy atom. The van der Waals surface area contributed by atoms with E-state index in [-0.39, 0.29) is 26.2 Å². The van der Waals surface area contributed by atoms with Crippen LogP contribution in [0.3, 0.4) is 0 Å². The van der Waals surface area contributed by atoms with Gasteiger partial charge < -0.3 is 38.3 Å². The van der Waals surface area contributed by atoms with Gasteiger partial charge in [-0.1, -0.05) is 31.0 Å². The van der Waals surface area contributed by atoms with Crippen LogP contribution in [-0.2, 0) is 33.2 Å². The second kappa shape index (κ2) is 11.8. The van der Waals surface area contributed by atoms with Crippen LogP contribution < -0.4 is 4.74 Å². The van der Waals surface area contributed by atoms with Crippen LogP contribution in [0.25, 0.3) is 0 Å². The molecule has 0 aliphatic carbocycles. The van der Waals surface area contributed by atoms with Crippen molar-refractivity contribution in [2.24, 2.45) is 0 Å². The lowest BCUT2D eigenvalue weighted by molar-refractivity contribution is -0.330. The quantitative estimate of drug-likeness (QED) is 0.377. The second-order valence-electron chi connectivity index (χ2n) is 9.16. The molecule has 0 aromatic heterocycles. The molecule has 192 valence electrons. The van der Waals surface area contributed by atoms with Crippen LogP contribution in [0.5, 0.6) is 5.75 Å². The average Bonchev–Trinajstić information content (AvgIpc) is 3.18. The van der Waals surface area contributed by atoms with Gasteiger partial charge in [0, 0.05) is 13.0 Å². The van der Waals surface area contributed by atoms with Crippen molar-refractivity contribution < 1.29 is 43.1 Å². The molecule has 2 heterocycles. The summed E-state index contributed by atoms with van der Waals surface area (Å²) in [6.07, 6.45) is -1.55. The van der Waals surface area contributed by atoms with E-state index in [1.165, 1.54) is 7.11 Å². The molecule has 0 radical (unpaired) electrons. The first-order chi connectivity index (χ1) is 16.2. The minimum atomic E-state index is -1.78. The monoisotopic (exact) mass is 482 g/mol. The molecule has 1 unspecified atom stereocenters. The molecule has 1 aromatic carbocycles. The Hall–Kier alpha value is -1.75. The summed E-state index contributed by atoms with van der Waals surface area (Å²) in [7, 11) is 1.27. The summed E-state index contributed by atoms with van der Waals surface area (Å²) in [5.41, 5.74) is 1.13. The normalized spacial score (nSPS) is 30.8.